The summed E-state index contributed by atoms with van der Waals surface area (Å²) >= 11 is 0. The van der Waals surface area contributed by atoms with Crippen molar-refractivity contribution in [2.75, 3.05) is 13.2 Å². The van der Waals surface area contributed by atoms with Crippen LogP contribution in [0.25, 0.3) is 11.1 Å². The van der Waals surface area contributed by atoms with Gasteiger partial charge in [0.25, 0.3) is 11.8 Å². The molecule has 0 aliphatic heterocycles. The molecule has 2 N–H and O–H groups in total. The molecule has 0 fully saturated rings. The van der Waals surface area contributed by atoms with E-state index in [1.807, 2.05) is 55.5 Å². The Labute approximate surface area is 175 Å². The van der Waals surface area contributed by atoms with E-state index < -0.39 is 11.8 Å². The maximum atomic E-state index is 12.4. The number of benzene rings is 3. The highest BCUT2D eigenvalue weighted by molar-refractivity contribution is 5.97. The monoisotopic (exact) mass is 404 g/mol. The number of nitrogens with one attached hydrogen (secondary N) is 2. The second-order valence-corrected chi connectivity index (χ2v) is 6.50. The Hall–Kier alpha value is -3.80. The number of ether oxygens (including phenoxy) is 2. The molecule has 0 heterocycles. The maximum absolute atomic E-state index is 12.4. The van der Waals surface area contributed by atoms with Gasteiger partial charge in [0.05, 0.1) is 12.2 Å². The van der Waals surface area contributed by atoms with Crippen LogP contribution in [0.2, 0.25) is 0 Å². The van der Waals surface area contributed by atoms with Gasteiger partial charge in [-0.25, -0.2) is 0 Å². The Morgan fingerprint density at radius 2 is 1.43 bits per heavy atom. The summed E-state index contributed by atoms with van der Waals surface area (Å²) in [6.45, 7) is 2.25. The number of hydrogen-bond acceptors (Lipinski definition) is 4. The van der Waals surface area contributed by atoms with Crippen LogP contribution < -0.4 is 20.3 Å². The first-order chi connectivity index (χ1) is 14.7. The minimum absolute atomic E-state index is 0.238. The molecule has 3 aromatic rings. The van der Waals surface area contributed by atoms with Crippen LogP contribution in [0.5, 0.6) is 11.5 Å². The second-order valence-electron chi connectivity index (χ2n) is 6.50. The Morgan fingerprint density at radius 3 is 2.20 bits per heavy atom. The molecule has 0 spiro atoms. The molecule has 6 heteroatoms. The van der Waals surface area contributed by atoms with Gasteiger partial charge in [-0.05, 0) is 30.2 Å². The van der Waals surface area contributed by atoms with Gasteiger partial charge in [0.1, 0.15) is 11.5 Å². The second kappa shape index (κ2) is 10.7. The number of carbonyl (C=O) groups is 2. The van der Waals surface area contributed by atoms with Crippen LogP contribution in [0.15, 0.2) is 78.9 Å². The third-order valence-electron chi connectivity index (χ3n) is 4.24. The van der Waals surface area contributed by atoms with Crippen LogP contribution in [-0.2, 0) is 4.79 Å². The largest absolute Gasteiger partial charge is 0.493 e. The topological polar surface area (TPSA) is 76.7 Å². The van der Waals surface area contributed by atoms with Crippen molar-refractivity contribution < 1.29 is 19.1 Å². The van der Waals surface area contributed by atoms with Crippen LogP contribution in [-0.4, -0.2) is 25.0 Å². The molecule has 0 aliphatic carbocycles. The zero-order valence-corrected chi connectivity index (χ0v) is 16.8. The fourth-order valence-electron chi connectivity index (χ4n) is 2.81. The van der Waals surface area contributed by atoms with Crippen molar-refractivity contribution in [3.8, 4) is 22.6 Å². The van der Waals surface area contributed by atoms with Crippen molar-refractivity contribution in [2.45, 2.75) is 13.3 Å². The lowest BCUT2D eigenvalue weighted by Crippen LogP contribution is -2.44. The highest BCUT2D eigenvalue weighted by Gasteiger charge is 2.13. The van der Waals surface area contributed by atoms with E-state index in [-0.39, 0.29) is 6.61 Å². The Morgan fingerprint density at radius 1 is 0.767 bits per heavy atom. The van der Waals surface area contributed by atoms with Crippen LogP contribution in [0.3, 0.4) is 0 Å². The van der Waals surface area contributed by atoms with Crippen molar-refractivity contribution >= 4 is 11.8 Å². The molecule has 0 bridgehead atoms. The molecular weight excluding hydrogens is 380 g/mol. The quantitative estimate of drug-likeness (QED) is 0.557. The number of rotatable bonds is 8. The molecule has 2 amide bonds. The fourth-order valence-corrected chi connectivity index (χ4v) is 2.81. The molecular formula is C24H24N2O4. The smallest absolute Gasteiger partial charge is 0.276 e. The molecule has 6 nitrogen and oxygen atoms in total. The van der Waals surface area contributed by atoms with Crippen LogP contribution >= 0.6 is 0 Å². The zero-order chi connectivity index (χ0) is 21.2. The van der Waals surface area contributed by atoms with Gasteiger partial charge in [0, 0.05) is 5.56 Å². The van der Waals surface area contributed by atoms with Crippen LogP contribution in [0.1, 0.15) is 23.7 Å². The van der Waals surface area contributed by atoms with Crippen molar-refractivity contribution in [1.29, 1.82) is 0 Å². The summed E-state index contributed by atoms with van der Waals surface area (Å²) in [6, 6.07) is 24.1. The highest BCUT2D eigenvalue weighted by atomic mass is 16.5. The summed E-state index contributed by atoms with van der Waals surface area (Å²) in [4.78, 5) is 24.6. The molecule has 0 aromatic heterocycles. The van der Waals surface area contributed by atoms with Gasteiger partial charge in [0.2, 0.25) is 0 Å². The zero-order valence-electron chi connectivity index (χ0n) is 16.8. The molecule has 0 radical (unpaired) electrons. The molecule has 0 aliphatic rings. The van der Waals surface area contributed by atoms with Gasteiger partial charge in [-0.3, -0.25) is 20.4 Å². The van der Waals surface area contributed by atoms with Gasteiger partial charge in [-0.1, -0.05) is 67.6 Å². The van der Waals surface area contributed by atoms with E-state index in [0.717, 1.165) is 17.5 Å². The molecule has 3 rings (SSSR count). The summed E-state index contributed by atoms with van der Waals surface area (Å²) < 4.78 is 11.3. The van der Waals surface area contributed by atoms with Crippen molar-refractivity contribution in [1.82, 2.24) is 10.9 Å². The number of amides is 2. The Bertz CT molecular complexity index is 989. The van der Waals surface area contributed by atoms with Gasteiger partial charge >= 0.3 is 0 Å². The lowest BCUT2D eigenvalue weighted by Gasteiger charge is -2.13. The van der Waals surface area contributed by atoms with E-state index in [2.05, 4.69) is 10.9 Å². The van der Waals surface area contributed by atoms with Crippen molar-refractivity contribution in [3.63, 3.8) is 0 Å². The highest BCUT2D eigenvalue weighted by Crippen LogP contribution is 2.29. The minimum Gasteiger partial charge on any atom is -0.493 e. The first-order valence-corrected chi connectivity index (χ1v) is 9.77. The average molecular weight is 404 g/mol. The Balaban J connectivity index is 1.56. The van der Waals surface area contributed by atoms with E-state index in [1.54, 1.807) is 30.3 Å². The van der Waals surface area contributed by atoms with Crippen LogP contribution in [0.4, 0.5) is 0 Å². The summed E-state index contributed by atoms with van der Waals surface area (Å²) in [6.07, 6.45) is 0.828. The van der Waals surface area contributed by atoms with Crippen molar-refractivity contribution in [3.05, 3.63) is 84.4 Å². The molecule has 0 unspecified atom stereocenters. The standard InChI is InChI=1S/C24H24N2O4/c1-2-16-29-22-15-9-7-13-20(22)24(28)26-25-23(27)17-30-21-14-8-6-12-19(21)18-10-4-3-5-11-18/h3-15H,2,16-17H2,1H3,(H,25,27)(H,26,28). The molecule has 0 saturated carbocycles. The predicted octanol–water partition coefficient (Wildman–Crippen LogP) is 3.98. The van der Waals surface area contributed by atoms with Gasteiger partial charge in [0.15, 0.2) is 6.61 Å². The lowest BCUT2D eigenvalue weighted by atomic mass is 10.1. The Kier molecular flexibility index (Phi) is 7.44. The fraction of sp³-hybridized carbons (Fsp3) is 0.167. The van der Waals surface area contributed by atoms with E-state index in [0.29, 0.717) is 23.7 Å². The van der Waals surface area contributed by atoms with Crippen LogP contribution in [0, 0.1) is 0 Å². The number of carbonyl (C=O) groups excluding carboxylic acids is 2. The third kappa shape index (κ3) is 5.61. The lowest BCUT2D eigenvalue weighted by molar-refractivity contribution is -0.123. The van der Waals surface area contributed by atoms with E-state index in [4.69, 9.17) is 9.47 Å². The first-order valence-electron chi connectivity index (χ1n) is 9.77. The van der Waals surface area contributed by atoms with E-state index in [9.17, 15) is 9.59 Å². The maximum Gasteiger partial charge on any atom is 0.276 e. The average Bonchev–Trinajstić information content (AvgIpc) is 2.80. The normalized spacial score (nSPS) is 10.2. The molecule has 30 heavy (non-hydrogen) atoms. The molecule has 0 saturated heterocycles. The van der Waals surface area contributed by atoms with Gasteiger partial charge < -0.3 is 9.47 Å². The first kappa shape index (κ1) is 20.9. The van der Waals surface area contributed by atoms with E-state index in [1.165, 1.54) is 0 Å². The molecule has 0 atom stereocenters. The summed E-state index contributed by atoms with van der Waals surface area (Å²) in [5.41, 5.74) is 7.00. The predicted molar refractivity (Wildman–Crippen MR) is 115 cm³/mol. The number of para-hydroxylation sites is 2. The summed E-state index contributed by atoms with van der Waals surface area (Å²) in [5.74, 6) is 0.125. The van der Waals surface area contributed by atoms with Gasteiger partial charge in [-0.15, -0.1) is 0 Å². The number of hydrazine groups is 1. The molecule has 3 aromatic carbocycles. The van der Waals surface area contributed by atoms with E-state index >= 15 is 0 Å². The number of hydrogen-bond donors (Lipinski definition) is 2. The van der Waals surface area contributed by atoms with Gasteiger partial charge in [-0.2, -0.15) is 0 Å². The van der Waals surface area contributed by atoms with Crippen molar-refractivity contribution in [2.24, 2.45) is 0 Å². The molecule has 154 valence electrons. The third-order valence-corrected chi connectivity index (χ3v) is 4.24. The summed E-state index contributed by atoms with van der Waals surface area (Å²) in [5, 5.41) is 0. The SMILES string of the molecule is CCCOc1ccccc1C(=O)NNC(=O)COc1ccccc1-c1ccccc1. The minimum atomic E-state index is -0.474. The summed E-state index contributed by atoms with van der Waals surface area (Å²) in [7, 11) is 0.